The van der Waals surface area contributed by atoms with Gasteiger partial charge >= 0.3 is 0 Å². The SMILES string of the molecule is C=Cc1cc(C(C)C)cc(C)c1N(C)C=C. The highest BCUT2D eigenvalue weighted by atomic mass is 15.1. The van der Waals surface area contributed by atoms with E-state index in [1.165, 1.54) is 22.4 Å². The molecule has 0 spiro atoms. The fourth-order valence-electron chi connectivity index (χ4n) is 1.90. The second-order valence-corrected chi connectivity index (χ2v) is 4.43. The Morgan fingerprint density at radius 3 is 2.31 bits per heavy atom. The lowest BCUT2D eigenvalue weighted by atomic mass is 9.96. The summed E-state index contributed by atoms with van der Waals surface area (Å²) in [4.78, 5) is 2.04. The van der Waals surface area contributed by atoms with E-state index in [2.05, 4.69) is 46.1 Å². The molecule has 16 heavy (non-hydrogen) atoms. The minimum Gasteiger partial charge on any atom is -0.351 e. The van der Waals surface area contributed by atoms with Crippen molar-refractivity contribution in [2.45, 2.75) is 26.7 Å². The average molecular weight is 215 g/mol. The molecule has 1 rings (SSSR count). The molecule has 0 bridgehead atoms. The molecular weight excluding hydrogens is 194 g/mol. The van der Waals surface area contributed by atoms with E-state index in [1.807, 2.05) is 24.2 Å². The number of hydrogen-bond acceptors (Lipinski definition) is 1. The zero-order valence-corrected chi connectivity index (χ0v) is 10.7. The molecule has 0 heterocycles. The second kappa shape index (κ2) is 5.02. The average Bonchev–Trinajstić information content (AvgIpc) is 2.26. The zero-order valence-electron chi connectivity index (χ0n) is 10.7. The van der Waals surface area contributed by atoms with Crippen molar-refractivity contribution < 1.29 is 0 Å². The number of benzene rings is 1. The molecule has 86 valence electrons. The zero-order chi connectivity index (χ0) is 12.3. The van der Waals surface area contributed by atoms with Gasteiger partial charge in [0.25, 0.3) is 0 Å². The normalized spacial score (nSPS) is 10.3. The predicted molar refractivity (Wildman–Crippen MR) is 74.0 cm³/mol. The Kier molecular flexibility index (Phi) is 3.94. The first-order valence-electron chi connectivity index (χ1n) is 5.63. The molecule has 0 fully saturated rings. The van der Waals surface area contributed by atoms with E-state index in [0.717, 1.165) is 0 Å². The van der Waals surface area contributed by atoms with Crippen LogP contribution in [0, 0.1) is 6.92 Å². The minimum atomic E-state index is 0.542. The van der Waals surface area contributed by atoms with E-state index >= 15 is 0 Å². The van der Waals surface area contributed by atoms with Crippen LogP contribution >= 0.6 is 0 Å². The van der Waals surface area contributed by atoms with E-state index in [4.69, 9.17) is 0 Å². The van der Waals surface area contributed by atoms with Gasteiger partial charge in [-0.15, -0.1) is 0 Å². The molecule has 0 N–H and O–H groups in total. The van der Waals surface area contributed by atoms with Gasteiger partial charge in [-0.1, -0.05) is 39.1 Å². The summed E-state index contributed by atoms with van der Waals surface area (Å²) in [5.74, 6) is 0.542. The molecule has 1 aromatic carbocycles. The van der Waals surface area contributed by atoms with Crippen molar-refractivity contribution in [3.63, 3.8) is 0 Å². The Bertz CT molecular complexity index is 402. The van der Waals surface area contributed by atoms with Crippen molar-refractivity contribution in [3.8, 4) is 0 Å². The summed E-state index contributed by atoms with van der Waals surface area (Å²) in [6, 6.07) is 4.45. The van der Waals surface area contributed by atoms with Gasteiger partial charge in [0.2, 0.25) is 0 Å². The lowest BCUT2D eigenvalue weighted by Crippen LogP contribution is -2.11. The third-order valence-corrected chi connectivity index (χ3v) is 2.87. The van der Waals surface area contributed by atoms with Crippen LogP contribution < -0.4 is 4.90 Å². The Labute approximate surface area is 99.1 Å². The van der Waals surface area contributed by atoms with Crippen LogP contribution in [0.4, 0.5) is 5.69 Å². The van der Waals surface area contributed by atoms with Gasteiger partial charge in [0.05, 0.1) is 5.69 Å². The predicted octanol–water partition coefficient (Wildman–Crippen LogP) is 4.34. The molecule has 0 radical (unpaired) electrons. The van der Waals surface area contributed by atoms with Crippen molar-refractivity contribution >= 4 is 11.8 Å². The molecule has 0 aromatic heterocycles. The van der Waals surface area contributed by atoms with Gasteiger partial charge in [0.15, 0.2) is 0 Å². The van der Waals surface area contributed by atoms with E-state index in [-0.39, 0.29) is 0 Å². The number of rotatable bonds is 4. The van der Waals surface area contributed by atoms with Crippen molar-refractivity contribution in [2.75, 3.05) is 11.9 Å². The lowest BCUT2D eigenvalue weighted by Gasteiger charge is -2.21. The molecule has 0 unspecified atom stereocenters. The molecule has 0 aliphatic carbocycles. The van der Waals surface area contributed by atoms with E-state index in [1.54, 1.807) is 0 Å². The molecule has 1 aromatic rings. The maximum atomic E-state index is 3.89. The molecule has 0 aliphatic rings. The summed E-state index contributed by atoms with van der Waals surface area (Å²) in [5.41, 5.74) is 4.98. The molecule has 0 amide bonds. The molecular formula is C15H21N. The molecule has 0 atom stereocenters. The Hall–Kier alpha value is -1.50. The highest BCUT2D eigenvalue weighted by molar-refractivity contribution is 5.72. The summed E-state index contributed by atoms with van der Waals surface area (Å²) in [6.07, 6.45) is 3.73. The molecule has 0 saturated carbocycles. The van der Waals surface area contributed by atoms with Crippen LogP contribution in [-0.2, 0) is 0 Å². The van der Waals surface area contributed by atoms with Crippen LogP contribution in [0.25, 0.3) is 6.08 Å². The first-order chi connectivity index (χ1) is 7.51. The second-order valence-electron chi connectivity index (χ2n) is 4.43. The summed E-state index contributed by atoms with van der Waals surface area (Å²) in [6.45, 7) is 14.2. The topological polar surface area (TPSA) is 3.24 Å². The van der Waals surface area contributed by atoms with Gasteiger partial charge in [-0.3, -0.25) is 0 Å². The first kappa shape index (κ1) is 12.6. The van der Waals surface area contributed by atoms with E-state index < -0.39 is 0 Å². The lowest BCUT2D eigenvalue weighted by molar-refractivity contribution is 0.864. The number of aryl methyl sites for hydroxylation is 1. The smallest absolute Gasteiger partial charge is 0.0506 e. The van der Waals surface area contributed by atoms with Crippen LogP contribution in [0.5, 0.6) is 0 Å². The maximum absolute atomic E-state index is 3.89. The van der Waals surface area contributed by atoms with Gasteiger partial charge in [0, 0.05) is 7.05 Å². The Morgan fingerprint density at radius 1 is 1.25 bits per heavy atom. The number of hydrogen-bond donors (Lipinski definition) is 0. The molecule has 0 saturated heterocycles. The van der Waals surface area contributed by atoms with Gasteiger partial charge in [0.1, 0.15) is 0 Å². The number of anilines is 1. The van der Waals surface area contributed by atoms with Gasteiger partial charge in [-0.2, -0.15) is 0 Å². The quantitative estimate of drug-likeness (QED) is 0.722. The number of nitrogens with zero attached hydrogens (tertiary/aromatic N) is 1. The van der Waals surface area contributed by atoms with Crippen LogP contribution in [0.3, 0.4) is 0 Å². The molecule has 0 aliphatic heterocycles. The van der Waals surface area contributed by atoms with Crippen LogP contribution in [-0.4, -0.2) is 7.05 Å². The monoisotopic (exact) mass is 215 g/mol. The minimum absolute atomic E-state index is 0.542. The summed E-state index contributed by atoms with van der Waals surface area (Å²) in [7, 11) is 2.01. The first-order valence-corrected chi connectivity index (χ1v) is 5.63. The van der Waals surface area contributed by atoms with Gasteiger partial charge in [-0.05, 0) is 41.8 Å². The molecule has 1 heteroatoms. The van der Waals surface area contributed by atoms with E-state index in [9.17, 15) is 0 Å². The maximum Gasteiger partial charge on any atom is 0.0506 e. The van der Waals surface area contributed by atoms with Crippen molar-refractivity contribution in [2.24, 2.45) is 0 Å². The highest BCUT2D eigenvalue weighted by Crippen LogP contribution is 2.29. The summed E-state index contributed by atoms with van der Waals surface area (Å²) in [5, 5.41) is 0. The van der Waals surface area contributed by atoms with Gasteiger partial charge < -0.3 is 4.90 Å². The molecule has 1 nitrogen and oxygen atoms in total. The third kappa shape index (κ3) is 2.35. The van der Waals surface area contributed by atoms with Crippen LogP contribution in [0.15, 0.2) is 31.5 Å². The van der Waals surface area contributed by atoms with Crippen LogP contribution in [0.1, 0.15) is 36.5 Å². The van der Waals surface area contributed by atoms with Gasteiger partial charge in [-0.25, -0.2) is 0 Å². The fraction of sp³-hybridized carbons (Fsp3) is 0.333. The van der Waals surface area contributed by atoms with E-state index in [0.29, 0.717) is 5.92 Å². The summed E-state index contributed by atoms with van der Waals surface area (Å²) < 4.78 is 0. The Balaban J connectivity index is 3.39. The van der Waals surface area contributed by atoms with Crippen molar-refractivity contribution in [1.82, 2.24) is 0 Å². The fourth-order valence-corrected chi connectivity index (χ4v) is 1.90. The third-order valence-electron chi connectivity index (χ3n) is 2.87. The van der Waals surface area contributed by atoms with Crippen molar-refractivity contribution in [1.29, 1.82) is 0 Å². The summed E-state index contributed by atoms with van der Waals surface area (Å²) >= 11 is 0. The highest BCUT2D eigenvalue weighted by Gasteiger charge is 2.10. The Morgan fingerprint density at radius 2 is 1.88 bits per heavy atom. The largest absolute Gasteiger partial charge is 0.351 e. The van der Waals surface area contributed by atoms with Crippen molar-refractivity contribution in [3.05, 3.63) is 48.2 Å². The van der Waals surface area contributed by atoms with Crippen LogP contribution in [0.2, 0.25) is 0 Å². The standard InChI is InChI=1S/C15H21N/c1-7-13-10-14(11(3)4)9-12(5)15(13)16(6)8-2/h7-11H,1-2H2,3-6H3.